The Morgan fingerprint density at radius 3 is 2.92 bits per heavy atom. The number of nitrogens with one attached hydrogen (secondary N) is 3. The fourth-order valence-corrected chi connectivity index (χ4v) is 2.91. The van der Waals surface area contributed by atoms with E-state index in [1.54, 1.807) is 6.20 Å². The molecule has 1 aliphatic rings. The Bertz CT molecular complexity index is 884. The van der Waals surface area contributed by atoms with Crippen LogP contribution in [-0.4, -0.2) is 26.7 Å². The zero-order chi connectivity index (χ0) is 16.5. The van der Waals surface area contributed by atoms with Gasteiger partial charge >= 0.3 is 0 Å². The van der Waals surface area contributed by atoms with Crippen LogP contribution in [0.5, 0.6) is 0 Å². The number of aromatic nitrogens is 4. The Balaban J connectivity index is 1.58. The first-order valence-corrected chi connectivity index (χ1v) is 7.93. The molecule has 0 atom stereocenters. The van der Waals surface area contributed by atoms with E-state index in [2.05, 4.69) is 49.0 Å². The highest BCUT2D eigenvalue weighted by Gasteiger charge is 2.12. The number of nitrogens with two attached hydrogens (primary N) is 1. The van der Waals surface area contributed by atoms with Crippen molar-refractivity contribution in [2.24, 2.45) is 0 Å². The number of aryl methyl sites for hydroxylation is 1. The van der Waals surface area contributed by atoms with Crippen molar-refractivity contribution in [3.63, 3.8) is 0 Å². The van der Waals surface area contributed by atoms with Gasteiger partial charge in [0.05, 0.1) is 6.20 Å². The van der Waals surface area contributed by atoms with Gasteiger partial charge in [0, 0.05) is 17.9 Å². The molecule has 0 saturated carbocycles. The van der Waals surface area contributed by atoms with E-state index in [0.717, 1.165) is 30.9 Å². The van der Waals surface area contributed by atoms with Crippen molar-refractivity contribution in [1.82, 2.24) is 25.5 Å². The summed E-state index contributed by atoms with van der Waals surface area (Å²) in [5.74, 6) is 0.971. The zero-order valence-electron chi connectivity index (χ0n) is 13.4. The molecular formula is C17H19N7. The van der Waals surface area contributed by atoms with Crippen LogP contribution in [0.1, 0.15) is 16.8 Å². The number of hydrogen-bond acceptors (Lipinski definition) is 6. The third-order valence-electron chi connectivity index (χ3n) is 4.11. The molecule has 0 amide bonds. The molecule has 0 aliphatic carbocycles. The van der Waals surface area contributed by atoms with Crippen molar-refractivity contribution >= 4 is 17.3 Å². The predicted octanol–water partition coefficient (Wildman–Crippen LogP) is 2.15. The van der Waals surface area contributed by atoms with Gasteiger partial charge in [0.1, 0.15) is 11.4 Å². The Hall–Kier alpha value is -2.93. The normalized spacial score (nSPS) is 13.5. The van der Waals surface area contributed by atoms with E-state index >= 15 is 0 Å². The Labute approximate surface area is 139 Å². The van der Waals surface area contributed by atoms with Gasteiger partial charge in [-0.15, -0.1) is 0 Å². The highest BCUT2D eigenvalue weighted by Crippen LogP contribution is 2.25. The third kappa shape index (κ3) is 2.81. The van der Waals surface area contributed by atoms with Gasteiger partial charge in [0.2, 0.25) is 0 Å². The number of nitrogens with zero attached hydrogens (tertiary/aromatic N) is 3. The molecule has 4 rings (SSSR count). The van der Waals surface area contributed by atoms with Gasteiger partial charge in [0.15, 0.2) is 11.6 Å². The van der Waals surface area contributed by atoms with Gasteiger partial charge < -0.3 is 16.4 Å². The Kier molecular flexibility index (Phi) is 3.62. The van der Waals surface area contributed by atoms with Crippen molar-refractivity contribution in [2.45, 2.75) is 19.9 Å². The van der Waals surface area contributed by atoms with Crippen LogP contribution >= 0.6 is 0 Å². The van der Waals surface area contributed by atoms with Crippen LogP contribution in [0.15, 0.2) is 30.5 Å². The number of anilines is 3. The number of fused-ring (bicyclic) bond motifs is 1. The summed E-state index contributed by atoms with van der Waals surface area (Å²) in [4.78, 5) is 8.80. The van der Waals surface area contributed by atoms with Gasteiger partial charge in [-0.3, -0.25) is 5.10 Å². The first-order valence-electron chi connectivity index (χ1n) is 7.93. The standard InChI is InChI=1S/C17H19N7/c1-10-6-14(24-23-10)16-17(18)22-15(9-20-16)21-13-3-2-11-4-5-19-8-12(11)7-13/h2-3,6-7,9,19H,4-5,8H2,1H3,(H,23,24)(H3,18,21,22). The molecule has 3 heterocycles. The van der Waals surface area contributed by atoms with Gasteiger partial charge in [0.25, 0.3) is 0 Å². The Morgan fingerprint density at radius 2 is 2.12 bits per heavy atom. The number of H-pyrrole nitrogens is 1. The van der Waals surface area contributed by atoms with Crippen molar-refractivity contribution in [3.8, 4) is 11.4 Å². The summed E-state index contributed by atoms with van der Waals surface area (Å²) in [5, 5.41) is 13.7. The van der Waals surface area contributed by atoms with Crippen LogP contribution in [0.3, 0.4) is 0 Å². The van der Waals surface area contributed by atoms with Crippen molar-refractivity contribution < 1.29 is 0 Å². The number of rotatable bonds is 3. The molecule has 0 bridgehead atoms. The average molecular weight is 321 g/mol. The summed E-state index contributed by atoms with van der Waals surface area (Å²) in [7, 11) is 0. The summed E-state index contributed by atoms with van der Waals surface area (Å²) >= 11 is 0. The van der Waals surface area contributed by atoms with Gasteiger partial charge in [-0.25, -0.2) is 9.97 Å². The molecule has 0 unspecified atom stereocenters. The molecule has 1 aliphatic heterocycles. The molecule has 3 aromatic rings. The number of nitrogen functional groups attached to an aromatic ring is 1. The van der Waals surface area contributed by atoms with Crippen LogP contribution in [0.4, 0.5) is 17.3 Å². The monoisotopic (exact) mass is 321 g/mol. The summed E-state index contributed by atoms with van der Waals surface area (Å²) in [6.45, 7) is 3.87. The Morgan fingerprint density at radius 1 is 1.21 bits per heavy atom. The molecule has 7 nitrogen and oxygen atoms in total. The number of hydrogen-bond donors (Lipinski definition) is 4. The lowest BCUT2D eigenvalue weighted by atomic mass is 10.0. The SMILES string of the molecule is Cc1cc(-c2ncc(Nc3ccc4c(c3)CNCC4)nc2N)n[nH]1. The number of benzene rings is 1. The summed E-state index contributed by atoms with van der Waals surface area (Å²) < 4.78 is 0. The second-order valence-electron chi connectivity index (χ2n) is 5.96. The lowest BCUT2D eigenvalue weighted by molar-refractivity contribution is 0.644. The molecule has 122 valence electrons. The fraction of sp³-hybridized carbons (Fsp3) is 0.235. The topological polar surface area (TPSA) is 105 Å². The first kappa shape index (κ1) is 14.6. The predicted molar refractivity (Wildman–Crippen MR) is 93.9 cm³/mol. The summed E-state index contributed by atoms with van der Waals surface area (Å²) in [5.41, 5.74) is 12.0. The molecule has 0 radical (unpaired) electrons. The highest BCUT2D eigenvalue weighted by molar-refractivity contribution is 5.69. The molecular weight excluding hydrogens is 302 g/mol. The highest BCUT2D eigenvalue weighted by atomic mass is 15.1. The second kappa shape index (κ2) is 5.93. The zero-order valence-corrected chi connectivity index (χ0v) is 13.4. The maximum absolute atomic E-state index is 6.05. The average Bonchev–Trinajstić information content (AvgIpc) is 3.01. The summed E-state index contributed by atoms with van der Waals surface area (Å²) in [6.07, 6.45) is 2.74. The van der Waals surface area contributed by atoms with Crippen molar-refractivity contribution in [3.05, 3.63) is 47.3 Å². The maximum Gasteiger partial charge on any atom is 0.154 e. The van der Waals surface area contributed by atoms with Crippen LogP contribution < -0.4 is 16.4 Å². The minimum atomic E-state index is 0.353. The molecule has 5 N–H and O–H groups in total. The lowest BCUT2D eigenvalue weighted by Gasteiger charge is -2.18. The largest absolute Gasteiger partial charge is 0.382 e. The van der Waals surface area contributed by atoms with E-state index in [1.165, 1.54) is 11.1 Å². The fourth-order valence-electron chi connectivity index (χ4n) is 2.91. The molecule has 1 aromatic carbocycles. The van der Waals surface area contributed by atoms with Gasteiger partial charge in [-0.2, -0.15) is 5.10 Å². The van der Waals surface area contributed by atoms with E-state index in [9.17, 15) is 0 Å². The van der Waals surface area contributed by atoms with E-state index < -0.39 is 0 Å². The minimum Gasteiger partial charge on any atom is -0.382 e. The molecule has 2 aromatic heterocycles. The van der Waals surface area contributed by atoms with E-state index in [1.807, 2.05) is 13.0 Å². The summed E-state index contributed by atoms with van der Waals surface area (Å²) in [6, 6.07) is 8.26. The molecule has 0 spiro atoms. The van der Waals surface area contributed by atoms with E-state index in [0.29, 0.717) is 23.0 Å². The van der Waals surface area contributed by atoms with Gasteiger partial charge in [-0.05, 0) is 49.2 Å². The minimum absolute atomic E-state index is 0.353. The van der Waals surface area contributed by atoms with E-state index in [4.69, 9.17) is 5.73 Å². The molecule has 24 heavy (non-hydrogen) atoms. The molecule has 0 saturated heterocycles. The van der Waals surface area contributed by atoms with E-state index in [-0.39, 0.29) is 0 Å². The van der Waals surface area contributed by atoms with Crippen LogP contribution in [0.25, 0.3) is 11.4 Å². The van der Waals surface area contributed by atoms with Crippen LogP contribution in [0, 0.1) is 6.92 Å². The lowest BCUT2D eigenvalue weighted by Crippen LogP contribution is -2.23. The first-order chi connectivity index (χ1) is 11.7. The van der Waals surface area contributed by atoms with Crippen molar-refractivity contribution in [1.29, 1.82) is 0 Å². The second-order valence-corrected chi connectivity index (χ2v) is 5.96. The van der Waals surface area contributed by atoms with Crippen LogP contribution in [-0.2, 0) is 13.0 Å². The van der Waals surface area contributed by atoms with Crippen LogP contribution in [0.2, 0.25) is 0 Å². The molecule has 7 heteroatoms. The van der Waals surface area contributed by atoms with Crippen molar-refractivity contribution in [2.75, 3.05) is 17.6 Å². The molecule has 0 fully saturated rings. The quantitative estimate of drug-likeness (QED) is 0.589. The number of aromatic amines is 1. The maximum atomic E-state index is 6.05. The third-order valence-corrected chi connectivity index (χ3v) is 4.11. The van der Waals surface area contributed by atoms with Gasteiger partial charge in [-0.1, -0.05) is 6.07 Å². The smallest absolute Gasteiger partial charge is 0.154 e.